The van der Waals surface area contributed by atoms with Gasteiger partial charge in [-0.3, -0.25) is 0 Å². The molecule has 124 valence electrons. The first-order valence-electron chi connectivity index (χ1n) is 7.26. The van der Waals surface area contributed by atoms with Gasteiger partial charge in [0.2, 0.25) is 0 Å². The summed E-state index contributed by atoms with van der Waals surface area (Å²) in [4.78, 5) is 12.0. The monoisotopic (exact) mass is 328 g/mol. The molecule has 0 fully saturated rings. The number of methoxy groups -OCH3 is 2. The van der Waals surface area contributed by atoms with Gasteiger partial charge in [0.25, 0.3) is 0 Å². The Morgan fingerprint density at radius 2 is 1.91 bits per heavy atom. The van der Waals surface area contributed by atoms with Gasteiger partial charge in [-0.2, -0.15) is 0 Å². The van der Waals surface area contributed by atoms with Crippen LogP contribution >= 0.6 is 0 Å². The zero-order chi connectivity index (χ0) is 16.9. The van der Waals surface area contributed by atoms with E-state index in [1.807, 2.05) is 6.92 Å². The van der Waals surface area contributed by atoms with Crippen molar-refractivity contribution in [1.82, 2.24) is 0 Å². The van der Waals surface area contributed by atoms with Crippen LogP contribution in [0.25, 0.3) is 0 Å². The van der Waals surface area contributed by atoms with Crippen molar-refractivity contribution in [1.29, 1.82) is 0 Å². The topological polar surface area (TPSA) is 69.7 Å². The molecular formula is C16H24O5S. The van der Waals surface area contributed by atoms with Crippen LogP contribution in [-0.4, -0.2) is 34.9 Å². The molecule has 0 aliphatic carbocycles. The van der Waals surface area contributed by atoms with Crippen LogP contribution in [0.5, 0.6) is 5.75 Å². The SMILES string of the molecule is CCCCC(C)c1cc(OC)c(C(=O)OC)cc1S(C)(=O)=O. The van der Waals surface area contributed by atoms with Gasteiger partial charge in [-0.15, -0.1) is 0 Å². The average Bonchev–Trinajstić information content (AvgIpc) is 2.49. The predicted molar refractivity (Wildman–Crippen MR) is 85.4 cm³/mol. The lowest BCUT2D eigenvalue weighted by molar-refractivity contribution is 0.0596. The van der Waals surface area contributed by atoms with Gasteiger partial charge in [-0.05, 0) is 30.0 Å². The minimum absolute atomic E-state index is 0.0604. The number of hydrogen-bond donors (Lipinski definition) is 0. The minimum atomic E-state index is -3.46. The van der Waals surface area contributed by atoms with Crippen molar-refractivity contribution in [2.75, 3.05) is 20.5 Å². The predicted octanol–water partition coefficient (Wildman–Crippen LogP) is 3.18. The highest BCUT2D eigenvalue weighted by molar-refractivity contribution is 7.90. The van der Waals surface area contributed by atoms with Crippen molar-refractivity contribution in [2.24, 2.45) is 0 Å². The van der Waals surface area contributed by atoms with Gasteiger partial charge in [0.1, 0.15) is 11.3 Å². The highest BCUT2D eigenvalue weighted by Crippen LogP contribution is 2.34. The summed E-state index contributed by atoms with van der Waals surface area (Å²) in [5.74, 6) is -0.225. The molecule has 0 aromatic heterocycles. The van der Waals surface area contributed by atoms with Crippen LogP contribution in [-0.2, 0) is 14.6 Å². The van der Waals surface area contributed by atoms with Crippen LogP contribution < -0.4 is 4.74 Å². The summed E-state index contributed by atoms with van der Waals surface area (Å²) in [5, 5.41) is 0. The Balaban J connectivity index is 3.51. The fourth-order valence-electron chi connectivity index (χ4n) is 2.39. The summed E-state index contributed by atoms with van der Waals surface area (Å²) in [6.45, 7) is 4.07. The molecule has 6 heteroatoms. The second-order valence-corrected chi connectivity index (χ2v) is 7.38. The second-order valence-electron chi connectivity index (χ2n) is 5.40. The van der Waals surface area contributed by atoms with Crippen LogP contribution in [0.2, 0.25) is 0 Å². The van der Waals surface area contributed by atoms with Crippen molar-refractivity contribution in [3.8, 4) is 5.75 Å². The summed E-state index contributed by atoms with van der Waals surface area (Å²) in [6.07, 6.45) is 4.06. The number of benzene rings is 1. The van der Waals surface area contributed by atoms with Gasteiger partial charge in [0.05, 0.1) is 19.1 Å². The molecule has 5 nitrogen and oxygen atoms in total. The van der Waals surface area contributed by atoms with E-state index in [2.05, 4.69) is 6.92 Å². The molecule has 1 unspecified atom stereocenters. The Bertz CT molecular complexity index is 634. The zero-order valence-electron chi connectivity index (χ0n) is 13.8. The van der Waals surface area contributed by atoms with Gasteiger partial charge < -0.3 is 9.47 Å². The van der Waals surface area contributed by atoms with Crippen molar-refractivity contribution >= 4 is 15.8 Å². The van der Waals surface area contributed by atoms with Crippen LogP contribution in [0.4, 0.5) is 0 Å². The van der Waals surface area contributed by atoms with E-state index in [4.69, 9.17) is 9.47 Å². The fraction of sp³-hybridized carbons (Fsp3) is 0.562. The molecule has 0 heterocycles. The van der Waals surface area contributed by atoms with Crippen LogP contribution in [0, 0.1) is 0 Å². The smallest absolute Gasteiger partial charge is 0.341 e. The number of unbranched alkanes of at least 4 members (excludes halogenated alkanes) is 1. The molecule has 0 N–H and O–H groups in total. The van der Waals surface area contributed by atoms with Gasteiger partial charge in [-0.1, -0.05) is 26.7 Å². The lowest BCUT2D eigenvalue weighted by Gasteiger charge is -2.18. The van der Waals surface area contributed by atoms with Gasteiger partial charge in [-0.25, -0.2) is 13.2 Å². The van der Waals surface area contributed by atoms with E-state index < -0.39 is 15.8 Å². The van der Waals surface area contributed by atoms with E-state index in [1.165, 1.54) is 20.3 Å². The lowest BCUT2D eigenvalue weighted by atomic mass is 9.94. The number of rotatable bonds is 7. The third-order valence-corrected chi connectivity index (χ3v) is 4.81. The molecule has 0 bridgehead atoms. The second kappa shape index (κ2) is 7.63. The van der Waals surface area contributed by atoms with Crippen molar-refractivity contribution < 1.29 is 22.7 Å². The van der Waals surface area contributed by atoms with Crippen LogP contribution in [0.3, 0.4) is 0 Å². The molecular weight excluding hydrogens is 304 g/mol. The van der Waals surface area contributed by atoms with Crippen molar-refractivity contribution in [2.45, 2.75) is 43.9 Å². The number of esters is 1. The van der Waals surface area contributed by atoms with E-state index in [0.29, 0.717) is 11.3 Å². The Morgan fingerprint density at radius 1 is 1.27 bits per heavy atom. The maximum atomic E-state index is 12.1. The van der Waals surface area contributed by atoms with Crippen molar-refractivity contribution in [3.05, 3.63) is 23.3 Å². The first-order valence-corrected chi connectivity index (χ1v) is 9.15. The first kappa shape index (κ1) is 18.5. The van der Waals surface area contributed by atoms with Gasteiger partial charge in [0, 0.05) is 6.26 Å². The standard InChI is InChI=1S/C16H24O5S/c1-6-7-8-11(2)12-9-14(20-3)13(16(17)21-4)10-15(12)22(5,18)19/h9-11H,6-8H2,1-5H3. The minimum Gasteiger partial charge on any atom is -0.496 e. The molecule has 0 aliphatic heterocycles. The van der Waals surface area contributed by atoms with Gasteiger partial charge in [0.15, 0.2) is 9.84 Å². The molecule has 22 heavy (non-hydrogen) atoms. The molecule has 0 saturated carbocycles. The molecule has 1 aromatic carbocycles. The maximum Gasteiger partial charge on any atom is 0.341 e. The molecule has 1 atom stereocenters. The van der Waals surface area contributed by atoms with Crippen molar-refractivity contribution in [3.63, 3.8) is 0 Å². The quantitative estimate of drug-likeness (QED) is 0.719. The van der Waals surface area contributed by atoms with E-state index in [1.54, 1.807) is 6.07 Å². The van der Waals surface area contributed by atoms with Gasteiger partial charge >= 0.3 is 5.97 Å². The number of sulfone groups is 1. The number of ether oxygens (including phenoxy) is 2. The summed E-state index contributed by atoms with van der Waals surface area (Å²) in [6, 6.07) is 3.00. The Hall–Kier alpha value is -1.56. The Labute approximate surface area is 132 Å². The Morgan fingerprint density at radius 3 is 2.36 bits per heavy atom. The molecule has 0 spiro atoms. The number of carbonyl (C=O) groups excluding carboxylic acids is 1. The number of hydrogen-bond acceptors (Lipinski definition) is 5. The summed E-state index contributed by atoms with van der Waals surface area (Å²) in [5.41, 5.74) is 0.803. The maximum absolute atomic E-state index is 12.1. The Kier molecular flexibility index (Phi) is 6.41. The third-order valence-electron chi connectivity index (χ3n) is 3.66. The molecule has 0 radical (unpaired) electrons. The molecule has 0 aliphatic rings. The van der Waals surface area contributed by atoms with E-state index in [9.17, 15) is 13.2 Å². The lowest BCUT2D eigenvalue weighted by Crippen LogP contribution is -2.11. The largest absolute Gasteiger partial charge is 0.496 e. The normalized spacial score (nSPS) is 12.8. The summed E-state index contributed by atoms with van der Waals surface area (Å²) in [7, 11) is -0.760. The molecule has 1 rings (SSSR count). The fourth-order valence-corrected chi connectivity index (χ4v) is 3.41. The molecule has 0 saturated heterocycles. The summed E-state index contributed by atoms with van der Waals surface area (Å²) < 4.78 is 34.1. The van der Waals surface area contributed by atoms with E-state index in [-0.39, 0.29) is 16.4 Å². The van der Waals surface area contributed by atoms with Crippen LogP contribution in [0.15, 0.2) is 17.0 Å². The first-order chi connectivity index (χ1) is 10.3. The molecule has 1 aromatic rings. The highest BCUT2D eigenvalue weighted by Gasteiger charge is 2.24. The molecule has 0 amide bonds. The van der Waals surface area contributed by atoms with E-state index >= 15 is 0 Å². The third kappa shape index (κ3) is 4.22. The van der Waals surface area contributed by atoms with E-state index in [0.717, 1.165) is 25.5 Å². The highest BCUT2D eigenvalue weighted by atomic mass is 32.2. The average molecular weight is 328 g/mol. The van der Waals surface area contributed by atoms with Crippen LogP contribution in [0.1, 0.15) is 54.9 Å². The zero-order valence-corrected chi connectivity index (χ0v) is 14.6. The summed E-state index contributed by atoms with van der Waals surface area (Å²) >= 11 is 0. The number of carbonyl (C=O) groups is 1.